The highest BCUT2D eigenvalue weighted by Gasteiger charge is 2.26. The maximum atomic E-state index is 13.3. The van der Waals surface area contributed by atoms with E-state index in [0.717, 1.165) is 20.9 Å². The molecule has 1 aromatic carbocycles. The zero-order valence-electron chi connectivity index (χ0n) is 21.0. The lowest BCUT2D eigenvalue weighted by atomic mass is 10.1. The van der Waals surface area contributed by atoms with E-state index in [1.807, 2.05) is 13.8 Å². The second kappa shape index (κ2) is 11.5. The summed E-state index contributed by atoms with van der Waals surface area (Å²) < 4.78 is 10.3. The van der Waals surface area contributed by atoms with Crippen LogP contribution >= 0.6 is 22.7 Å². The van der Waals surface area contributed by atoms with Gasteiger partial charge in [-0.15, -0.1) is 22.7 Å². The van der Waals surface area contributed by atoms with Gasteiger partial charge in [-0.05, 0) is 64.8 Å². The number of hydrogen-bond donors (Lipinski definition) is 2. The molecule has 10 heteroatoms. The topological polar surface area (TPSA) is 111 Å². The Morgan fingerprint density at radius 3 is 1.39 bits per heavy atom. The molecule has 3 aromatic rings. The van der Waals surface area contributed by atoms with E-state index in [2.05, 4.69) is 10.6 Å². The molecule has 0 unspecified atom stereocenters. The normalized spacial score (nSPS) is 10.6. The summed E-state index contributed by atoms with van der Waals surface area (Å²) in [5.41, 5.74) is 2.31. The van der Waals surface area contributed by atoms with Gasteiger partial charge < -0.3 is 20.1 Å². The van der Waals surface area contributed by atoms with Crippen LogP contribution in [0.5, 0.6) is 0 Å². The Labute approximate surface area is 217 Å². The van der Waals surface area contributed by atoms with Crippen LogP contribution < -0.4 is 10.6 Å². The summed E-state index contributed by atoms with van der Waals surface area (Å²) in [5.74, 6) is -2.13. The van der Waals surface area contributed by atoms with Gasteiger partial charge in [-0.25, -0.2) is 9.59 Å². The Bertz CT molecular complexity index is 1240. The first-order valence-electron chi connectivity index (χ1n) is 11.4. The van der Waals surface area contributed by atoms with Crippen molar-refractivity contribution >= 4 is 56.4 Å². The summed E-state index contributed by atoms with van der Waals surface area (Å²) >= 11 is 2.53. The predicted molar refractivity (Wildman–Crippen MR) is 142 cm³/mol. The molecular weight excluding hydrogens is 500 g/mol. The maximum Gasteiger partial charge on any atom is 0.341 e. The van der Waals surface area contributed by atoms with Crippen LogP contribution in [0.4, 0.5) is 10.0 Å². The van der Waals surface area contributed by atoms with E-state index in [9.17, 15) is 19.2 Å². The number of aryl methyl sites for hydroxylation is 2. The SMILES string of the molecule is CCOC(=O)c1c(NC(=O)c2ccccc2C(=O)Nc2sc(C)c(C)c2C(=O)OCC)sc(C)c1C. The first-order valence-corrected chi connectivity index (χ1v) is 13.0. The van der Waals surface area contributed by atoms with Crippen molar-refractivity contribution in [2.75, 3.05) is 23.8 Å². The van der Waals surface area contributed by atoms with Crippen LogP contribution in [0.25, 0.3) is 0 Å². The highest BCUT2D eigenvalue weighted by atomic mass is 32.1. The average Bonchev–Trinajstić information content (AvgIpc) is 3.27. The van der Waals surface area contributed by atoms with Crippen LogP contribution in [-0.4, -0.2) is 37.0 Å². The Morgan fingerprint density at radius 2 is 1.06 bits per heavy atom. The number of nitrogens with one attached hydrogen (secondary N) is 2. The Balaban J connectivity index is 1.92. The van der Waals surface area contributed by atoms with Crippen molar-refractivity contribution in [1.29, 1.82) is 0 Å². The zero-order chi connectivity index (χ0) is 26.6. The Kier molecular flexibility index (Phi) is 8.65. The number of esters is 2. The molecule has 3 rings (SSSR count). The van der Waals surface area contributed by atoms with Gasteiger partial charge in [0.25, 0.3) is 11.8 Å². The molecule has 0 atom stereocenters. The molecule has 0 aliphatic carbocycles. The molecule has 0 spiro atoms. The lowest BCUT2D eigenvalue weighted by Gasteiger charge is -2.11. The van der Waals surface area contributed by atoms with Crippen LogP contribution in [0.2, 0.25) is 0 Å². The lowest BCUT2D eigenvalue weighted by molar-refractivity contribution is 0.0517. The number of carbonyl (C=O) groups is 4. The molecule has 0 radical (unpaired) electrons. The minimum atomic E-state index is -0.545. The summed E-state index contributed by atoms with van der Waals surface area (Å²) in [6.07, 6.45) is 0. The van der Waals surface area contributed by atoms with Gasteiger partial charge in [-0.1, -0.05) is 12.1 Å². The van der Waals surface area contributed by atoms with E-state index >= 15 is 0 Å². The van der Waals surface area contributed by atoms with Gasteiger partial charge in [0.15, 0.2) is 0 Å². The van der Waals surface area contributed by atoms with Crippen molar-refractivity contribution in [2.24, 2.45) is 0 Å². The summed E-state index contributed by atoms with van der Waals surface area (Å²) in [6, 6.07) is 6.34. The van der Waals surface area contributed by atoms with Gasteiger partial charge in [0.1, 0.15) is 10.0 Å². The molecule has 0 saturated carbocycles. The molecule has 2 aromatic heterocycles. The van der Waals surface area contributed by atoms with Gasteiger partial charge in [0, 0.05) is 9.75 Å². The molecule has 2 N–H and O–H groups in total. The summed E-state index contributed by atoms with van der Waals surface area (Å²) in [4.78, 5) is 53.2. The largest absolute Gasteiger partial charge is 0.462 e. The summed E-state index contributed by atoms with van der Waals surface area (Å²) in [6.45, 7) is 11.1. The van der Waals surface area contributed by atoms with Gasteiger partial charge in [0.2, 0.25) is 0 Å². The van der Waals surface area contributed by atoms with Gasteiger partial charge in [0.05, 0.1) is 35.5 Å². The molecule has 2 heterocycles. The number of anilines is 2. The molecule has 2 amide bonds. The lowest BCUT2D eigenvalue weighted by Crippen LogP contribution is -2.21. The third-order valence-electron chi connectivity index (χ3n) is 5.60. The van der Waals surface area contributed by atoms with Crippen LogP contribution in [0.15, 0.2) is 24.3 Å². The van der Waals surface area contributed by atoms with Crippen molar-refractivity contribution in [1.82, 2.24) is 0 Å². The first-order chi connectivity index (χ1) is 17.1. The van der Waals surface area contributed by atoms with E-state index in [1.54, 1.807) is 39.8 Å². The molecule has 0 saturated heterocycles. The van der Waals surface area contributed by atoms with Crippen molar-refractivity contribution in [3.63, 3.8) is 0 Å². The molecule has 36 heavy (non-hydrogen) atoms. The first kappa shape index (κ1) is 27.1. The van der Waals surface area contributed by atoms with Crippen molar-refractivity contribution in [3.05, 3.63) is 67.4 Å². The quantitative estimate of drug-likeness (QED) is 0.352. The Morgan fingerprint density at radius 1 is 0.694 bits per heavy atom. The molecule has 190 valence electrons. The summed E-state index contributed by atoms with van der Waals surface area (Å²) in [7, 11) is 0. The van der Waals surface area contributed by atoms with E-state index in [1.165, 1.54) is 34.8 Å². The van der Waals surface area contributed by atoms with Crippen LogP contribution in [0.1, 0.15) is 76.2 Å². The molecule has 0 fully saturated rings. The van der Waals surface area contributed by atoms with Crippen molar-refractivity contribution in [3.8, 4) is 0 Å². The van der Waals surface area contributed by atoms with Crippen LogP contribution in [-0.2, 0) is 9.47 Å². The number of ether oxygens (including phenoxy) is 2. The highest BCUT2D eigenvalue weighted by molar-refractivity contribution is 7.17. The molecule has 0 aliphatic rings. The van der Waals surface area contributed by atoms with Crippen LogP contribution in [0, 0.1) is 27.7 Å². The standard InChI is InChI=1S/C26H28N2O6S2/c1-7-33-25(31)19-13(3)15(5)35-23(19)27-21(29)17-11-9-10-12-18(17)22(30)28-24-20(26(32)34-8-2)14(4)16(6)36-24/h9-12H,7-8H2,1-6H3,(H,27,29)(H,28,30). The Hall–Kier alpha value is -3.50. The fourth-order valence-electron chi connectivity index (χ4n) is 3.55. The zero-order valence-corrected chi connectivity index (χ0v) is 22.6. The van der Waals surface area contributed by atoms with E-state index in [0.29, 0.717) is 21.1 Å². The number of thiophene rings is 2. The van der Waals surface area contributed by atoms with Crippen molar-refractivity contribution in [2.45, 2.75) is 41.5 Å². The molecule has 8 nitrogen and oxygen atoms in total. The van der Waals surface area contributed by atoms with Gasteiger partial charge in [-0.3, -0.25) is 9.59 Å². The third kappa shape index (κ3) is 5.50. The van der Waals surface area contributed by atoms with E-state index in [-0.39, 0.29) is 24.3 Å². The van der Waals surface area contributed by atoms with Crippen molar-refractivity contribution < 1.29 is 28.7 Å². The number of hydrogen-bond acceptors (Lipinski definition) is 8. The number of rotatable bonds is 8. The molecule has 0 aliphatic heterocycles. The second-order valence-corrected chi connectivity index (χ2v) is 10.3. The highest BCUT2D eigenvalue weighted by Crippen LogP contribution is 2.35. The number of benzene rings is 1. The van der Waals surface area contributed by atoms with Gasteiger partial charge in [-0.2, -0.15) is 0 Å². The van der Waals surface area contributed by atoms with E-state index < -0.39 is 23.8 Å². The van der Waals surface area contributed by atoms with Crippen LogP contribution in [0.3, 0.4) is 0 Å². The molecule has 0 bridgehead atoms. The predicted octanol–water partition coefficient (Wildman–Crippen LogP) is 5.90. The minimum Gasteiger partial charge on any atom is -0.462 e. The number of carbonyl (C=O) groups excluding carboxylic acids is 4. The minimum absolute atomic E-state index is 0.121. The third-order valence-corrected chi connectivity index (χ3v) is 7.85. The smallest absolute Gasteiger partial charge is 0.341 e. The fraction of sp³-hybridized carbons (Fsp3) is 0.308. The maximum absolute atomic E-state index is 13.3. The fourth-order valence-corrected chi connectivity index (χ4v) is 5.64. The monoisotopic (exact) mass is 528 g/mol. The summed E-state index contributed by atoms with van der Waals surface area (Å²) in [5, 5.41) is 6.27. The second-order valence-electron chi connectivity index (χ2n) is 7.87. The molecular formula is C26H28N2O6S2. The van der Waals surface area contributed by atoms with Gasteiger partial charge >= 0.3 is 11.9 Å². The number of amides is 2. The van der Waals surface area contributed by atoms with E-state index in [4.69, 9.17) is 9.47 Å². The average molecular weight is 529 g/mol.